The molecule has 0 spiro atoms. The number of piperidine rings is 1. The number of amides is 2. The van der Waals surface area contributed by atoms with E-state index in [4.69, 9.17) is 10.5 Å². The van der Waals surface area contributed by atoms with Crippen molar-refractivity contribution in [1.82, 2.24) is 10.2 Å². The Morgan fingerprint density at radius 3 is 2.52 bits per heavy atom. The highest BCUT2D eigenvalue weighted by Gasteiger charge is 2.43. The minimum atomic E-state index is -0.428. The fourth-order valence-electron chi connectivity index (χ4n) is 3.31. The van der Waals surface area contributed by atoms with Crippen LogP contribution < -0.4 is 11.1 Å². The van der Waals surface area contributed by atoms with E-state index in [1.807, 2.05) is 6.92 Å². The van der Waals surface area contributed by atoms with Gasteiger partial charge in [0.15, 0.2) is 0 Å². The van der Waals surface area contributed by atoms with Crippen LogP contribution in [0.2, 0.25) is 0 Å². The summed E-state index contributed by atoms with van der Waals surface area (Å²) in [5, 5.41) is 3.14. The van der Waals surface area contributed by atoms with Crippen molar-refractivity contribution in [1.29, 1.82) is 0 Å². The van der Waals surface area contributed by atoms with Gasteiger partial charge in [-0.05, 0) is 32.6 Å². The molecule has 2 unspecified atom stereocenters. The minimum absolute atomic E-state index is 0.0204. The van der Waals surface area contributed by atoms with E-state index in [1.54, 1.807) is 4.90 Å². The van der Waals surface area contributed by atoms with E-state index >= 15 is 0 Å². The van der Waals surface area contributed by atoms with Gasteiger partial charge in [-0.3, -0.25) is 9.59 Å². The van der Waals surface area contributed by atoms with Gasteiger partial charge >= 0.3 is 0 Å². The molecule has 1 aliphatic heterocycles. The number of carbonyl (C=O) groups excluding carboxylic acids is 2. The van der Waals surface area contributed by atoms with Crippen LogP contribution in [0.3, 0.4) is 0 Å². The van der Waals surface area contributed by atoms with Gasteiger partial charge < -0.3 is 20.7 Å². The first-order chi connectivity index (χ1) is 9.97. The van der Waals surface area contributed by atoms with Gasteiger partial charge in [0.1, 0.15) is 6.61 Å². The molecule has 1 saturated carbocycles. The van der Waals surface area contributed by atoms with Gasteiger partial charge in [0.05, 0.1) is 5.41 Å². The van der Waals surface area contributed by atoms with Crippen LogP contribution in [0, 0.1) is 5.41 Å². The van der Waals surface area contributed by atoms with Gasteiger partial charge in [0.25, 0.3) is 0 Å². The highest BCUT2D eigenvalue weighted by molar-refractivity contribution is 5.83. The monoisotopic (exact) mass is 297 g/mol. The van der Waals surface area contributed by atoms with Crippen LogP contribution in [0.25, 0.3) is 0 Å². The summed E-state index contributed by atoms with van der Waals surface area (Å²) in [5.41, 5.74) is 5.66. The van der Waals surface area contributed by atoms with E-state index in [1.165, 1.54) is 7.11 Å². The first-order valence-electron chi connectivity index (χ1n) is 7.80. The van der Waals surface area contributed by atoms with Gasteiger partial charge in [-0.1, -0.05) is 6.42 Å². The zero-order valence-corrected chi connectivity index (χ0v) is 13.1. The van der Waals surface area contributed by atoms with Crippen LogP contribution in [-0.4, -0.2) is 55.6 Å². The third-order valence-corrected chi connectivity index (χ3v) is 5.00. The molecule has 0 bridgehead atoms. The molecule has 0 aromatic rings. The molecular formula is C15H27N3O3. The molecule has 2 atom stereocenters. The molecule has 6 nitrogen and oxygen atoms in total. The number of methoxy groups -OCH3 is 1. The predicted molar refractivity (Wildman–Crippen MR) is 79.6 cm³/mol. The molecule has 0 aromatic heterocycles. The van der Waals surface area contributed by atoms with Gasteiger partial charge in [0, 0.05) is 32.3 Å². The van der Waals surface area contributed by atoms with Crippen molar-refractivity contribution in [2.75, 3.05) is 26.8 Å². The van der Waals surface area contributed by atoms with Gasteiger partial charge in [-0.15, -0.1) is 0 Å². The van der Waals surface area contributed by atoms with Crippen molar-refractivity contribution < 1.29 is 14.3 Å². The molecule has 120 valence electrons. The average Bonchev–Trinajstić information content (AvgIpc) is 2.81. The Kier molecular flexibility index (Phi) is 5.22. The summed E-state index contributed by atoms with van der Waals surface area (Å²) in [7, 11) is 1.52. The molecule has 3 N–H and O–H groups in total. The Bertz CT molecular complexity index is 394. The van der Waals surface area contributed by atoms with E-state index in [0.29, 0.717) is 13.1 Å². The molecule has 1 heterocycles. The molecule has 2 amide bonds. The number of ether oxygens (including phenoxy) is 1. The Morgan fingerprint density at radius 1 is 1.33 bits per heavy atom. The molecule has 21 heavy (non-hydrogen) atoms. The Labute approximate surface area is 126 Å². The Balaban J connectivity index is 1.81. The lowest BCUT2D eigenvalue weighted by molar-refractivity contribution is -0.136. The highest BCUT2D eigenvalue weighted by atomic mass is 16.5. The molecule has 2 fully saturated rings. The largest absolute Gasteiger partial charge is 0.375 e. The number of nitrogens with one attached hydrogen (secondary N) is 1. The number of rotatable bonds is 4. The molecule has 0 aromatic carbocycles. The standard InChI is InChI=1S/C15H27N3O3/c1-15(7-3-4-12(15)16)14(20)17-11-5-8-18(9-6-11)13(19)10-21-2/h11-12H,3-10,16H2,1-2H3,(H,17,20). The zero-order valence-electron chi connectivity index (χ0n) is 13.1. The molecule has 2 rings (SSSR count). The van der Waals surface area contributed by atoms with E-state index in [-0.39, 0.29) is 30.5 Å². The van der Waals surface area contributed by atoms with Crippen molar-refractivity contribution in [3.8, 4) is 0 Å². The predicted octanol–water partition coefficient (Wildman–Crippen LogP) is 0.258. The maximum atomic E-state index is 12.5. The van der Waals surface area contributed by atoms with Crippen molar-refractivity contribution in [2.45, 2.75) is 51.1 Å². The van der Waals surface area contributed by atoms with E-state index < -0.39 is 5.41 Å². The van der Waals surface area contributed by atoms with Gasteiger partial charge in [-0.25, -0.2) is 0 Å². The van der Waals surface area contributed by atoms with Crippen LogP contribution in [0.1, 0.15) is 39.0 Å². The molecule has 2 aliphatic rings. The smallest absolute Gasteiger partial charge is 0.248 e. The van der Waals surface area contributed by atoms with Crippen LogP contribution >= 0.6 is 0 Å². The maximum absolute atomic E-state index is 12.5. The molecule has 0 radical (unpaired) electrons. The van der Waals surface area contributed by atoms with Crippen molar-refractivity contribution in [2.24, 2.45) is 11.1 Å². The zero-order chi connectivity index (χ0) is 15.5. The fourth-order valence-corrected chi connectivity index (χ4v) is 3.31. The maximum Gasteiger partial charge on any atom is 0.248 e. The van der Waals surface area contributed by atoms with Crippen LogP contribution in [0.4, 0.5) is 0 Å². The van der Waals surface area contributed by atoms with E-state index in [2.05, 4.69) is 5.32 Å². The lowest BCUT2D eigenvalue weighted by Gasteiger charge is -2.35. The van der Waals surface area contributed by atoms with Gasteiger partial charge in [-0.2, -0.15) is 0 Å². The normalized spacial score (nSPS) is 30.4. The highest BCUT2D eigenvalue weighted by Crippen LogP contribution is 2.37. The number of carbonyl (C=O) groups is 2. The summed E-state index contributed by atoms with van der Waals surface area (Å²) in [5.74, 6) is 0.0984. The lowest BCUT2D eigenvalue weighted by atomic mass is 9.83. The average molecular weight is 297 g/mol. The van der Waals surface area contributed by atoms with E-state index in [9.17, 15) is 9.59 Å². The van der Waals surface area contributed by atoms with Gasteiger partial charge in [0.2, 0.25) is 11.8 Å². The third-order valence-electron chi connectivity index (χ3n) is 5.00. The summed E-state index contributed by atoms with van der Waals surface area (Å²) >= 11 is 0. The fraction of sp³-hybridized carbons (Fsp3) is 0.867. The molecular weight excluding hydrogens is 270 g/mol. The summed E-state index contributed by atoms with van der Waals surface area (Å²) in [4.78, 5) is 26.0. The first-order valence-corrected chi connectivity index (χ1v) is 7.80. The van der Waals surface area contributed by atoms with E-state index in [0.717, 1.165) is 32.1 Å². The first kappa shape index (κ1) is 16.2. The Hall–Kier alpha value is -1.14. The minimum Gasteiger partial charge on any atom is -0.375 e. The summed E-state index contributed by atoms with van der Waals surface area (Å²) < 4.78 is 4.87. The summed E-state index contributed by atoms with van der Waals surface area (Å²) in [6, 6.07) is 0.106. The topological polar surface area (TPSA) is 84.7 Å². The quantitative estimate of drug-likeness (QED) is 0.779. The second-order valence-electron chi connectivity index (χ2n) is 6.48. The second kappa shape index (κ2) is 6.75. The molecule has 6 heteroatoms. The number of nitrogens with zero attached hydrogens (tertiary/aromatic N) is 1. The second-order valence-corrected chi connectivity index (χ2v) is 6.48. The molecule has 1 saturated heterocycles. The van der Waals surface area contributed by atoms with Crippen LogP contribution in [0.15, 0.2) is 0 Å². The molecule has 1 aliphatic carbocycles. The van der Waals surface area contributed by atoms with Crippen LogP contribution in [-0.2, 0) is 14.3 Å². The number of likely N-dealkylation sites (tertiary alicyclic amines) is 1. The van der Waals surface area contributed by atoms with Crippen molar-refractivity contribution in [3.63, 3.8) is 0 Å². The third kappa shape index (κ3) is 3.55. The van der Waals surface area contributed by atoms with Crippen LogP contribution in [0.5, 0.6) is 0 Å². The SMILES string of the molecule is COCC(=O)N1CCC(NC(=O)C2(C)CCCC2N)CC1. The summed E-state index contributed by atoms with van der Waals surface area (Å²) in [6.45, 7) is 3.45. The van der Waals surface area contributed by atoms with Crippen molar-refractivity contribution in [3.05, 3.63) is 0 Å². The number of hydrogen-bond acceptors (Lipinski definition) is 4. The number of nitrogens with two attached hydrogens (primary N) is 1. The lowest BCUT2D eigenvalue weighted by Crippen LogP contribution is -2.53. The number of hydrogen-bond donors (Lipinski definition) is 2. The summed E-state index contributed by atoms with van der Waals surface area (Å²) in [6.07, 6.45) is 4.41. The Morgan fingerprint density at radius 2 is 2.00 bits per heavy atom. The van der Waals surface area contributed by atoms with Crippen molar-refractivity contribution >= 4 is 11.8 Å².